The molecule has 8 rings (SSSR count). The highest BCUT2D eigenvalue weighted by Gasteiger charge is 2.01. The molecule has 5 heteroatoms. The van der Waals surface area contributed by atoms with Crippen LogP contribution in [0.3, 0.4) is 0 Å². The predicted molar refractivity (Wildman–Crippen MR) is 224 cm³/mol. The molecule has 0 aliphatic heterocycles. The van der Waals surface area contributed by atoms with Gasteiger partial charge in [-0.25, -0.2) is 0 Å². The van der Waals surface area contributed by atoms with Crippen molar-refractivity contribution >= 4 is 15.4 Å². The van der Waals surface area contributed by atoms with Crippen LogP contribution in [0.2, 0.25) is 0 Å². The lowest BCUT2D eigenvalue weighted by Gasteiger charge is -2.05. The van der Waals surface area contributed by atoms with Gasteiger partial charge in [0.15, 0.2) is 0 Å². The third-order valence-corrected chi connectivity index (χ3v) is 9.05. The minimum atomic E-state index is 0.305. The van der Waals surface area contributed by atoms with Gasteiger partial charge in [0.05, 0.1) is 0 Å². The molecule has 0 saturated carbocycles. The standard InChI is InChI=1S/C12H12OSi.3C12H10O/c13-10-6-7-11(12(14)8-10)9-4-2-1-3-5-9;3*13-12-8-6-11(7-9-12)10-4-2-1-3-5-10/h1-8,13H,14H3;3*1-9,13H. The van der Waals surface area contributed by atoms with Gasteiger partial charge < -0.3 is 20.4 Å². The van der Waals surface area contributed by atoms with Crippen molar-refractivity contribution in [3.8, 4) is 67.5 Å². The summed E-state index contributed by atoms with van der Waals surface area (Å²) in [6.45, 7) is 0. The molecule has 8 aromatic carbocycles. The SMILES string of the molecule is Oc1ccc(-c2ccccc2)c([SiH3])c1.Oc1ccc(-c2ccccc2)cc1.Oc1ccc(-c2ccccc2)cc1.Oc1ccc(-c2ccccc2)cc1. The Labute approximate surface area is 314 Å². The highest BCUT2D eigenvalue weighted by Crippen LogP contribution is 2.23. The van der Waals surface area contributed by atoms with E-state index in [1.165, 1.54) is 33.0 Å². The van der Waals surface area contributed by atoms with E-state index < -0.39 is 0 Å². The van der Waals surface area contributed by atoms with Gasteiger partial charge in [0.2, 0.25) is 0 Å². The Morgan fingerprint density at radius 2 is 0.491 bits per heavy atom. The summed E-state index contributed by atoms with van der Waals surface area (Å²) in [4.78, 5) is 0. The smallest absolute Gasteiger partial charge is 0.115 e. The molecular formula is C48H42O4Si. The lowest BCUT2D eigenvalue weighted by Crippen LogP contribution is -2.05. The summed E-state index contributed by atoms with van der Waals surface area (Å²) < 4.78 is 0. The Morgan fingerprint density at radius 3 is 0.774 bits per heavy atom. The van der Waals surface area contributed by atoms with Crippen LogP contribution in [0.25, 0.3) is 44.5 Å². The van der Waals surface area contributed by atoms with Crippen molar-refractivity contribution < 1.29 is 20.4 Å². The minimum absolute atomic E-state index is 0.305. The quantitative estimate of drug-likeness (QED) is 0.137. The number of aromatic hydroxyl groups is 4. The molecule has 0 aliphatic rings. The van der Waals surface area contributed by atoms with Gasteiger partial charge in [0, 0.05) is 10.2 Å². The Kier molecular flexibility index (Phi) is 13.8. The molecule has 0 spiro atoms. The molecule has 0 heterocycles. The molecule has 0 aliphatic carbocycles. The fourth-order valence-corrected chi connectivity index (χ4v) is 6.19. The maximum absolute atomic E-state index is 9.31. The highest BCUT2D eigenvalue weighted by atomic mass is 28.1. The highest BCUT2D eigenvalue weighted by molar-refractivity contribution is 6.36. The summed E-state index contributed by atoms with van der Waals surface area (Å²) in [6.07, 6.45) is 0. The average Bonchev–Trinajstić information content (AvgIpc) is 3.21. The van der Waals surface area contributed by atoms with Gasteiger partial charge in [-0.1, -0.05) is 169 Å². The van der Waals surface area contributed by atoms with Gasteiger partial charge in [-0.05, 0) is 93.0 Å². The average molecular weight is 711 g/mol. The summed E-state index contributed by atoms with van der Waals surface area (Å²) in [5.74, 6) is 1.27. The fourth-order valence-electron chi connectivity index (χ4n) is 5.44. The van der Waals surface area contributed by atoms with Gasteiger partial charge >= 0.3 is 0 Å². The van der Waals surface area contributed by atoms with Crippen molar-refractivity contribution in [3.63, 3.8) is 0 Å². The van der Waals surface area contributed by atoms with Crippen molar-refractivity contribution in [2.24, 2.45) is 0 Å². The topological polar surface area (TPSA) is 80.9 Å². The van der Waals surface area contributed by atoms with Gasteiger partial charge in [-0.2, -0.15) is 0 Å². The Balaban J connectivity index is 0.000000136. The largest absolute Gasteiger partial charge is 0.508 e. The van der Waals surface area contributed by atoms with Crippen molar-refractivity contribution in [1.29, 1.82) is 0 Å². The third kappa shape index (κ3) is 11.9. The molecule has 0 bridgehead atoms. The molecule has 8 aromatic rings. The maximum atomic E-state index is 9.31. The first-order valence-electron chi connectivity index (χ1n) is 17.2. The van der Waals surface area contributed by atoms with E-state index in [1.807, 2.05) is 158 Å². The molecular weight excluding hydrogens is 669 g/mol. The van der Waals surface area contributed by atoms with Crippen LogP contribution in [0.15, 0.2) is 212 Å². The molecule has 0 radical (unpaired) electrons. The second kappa shape index (κ2) is 19.5. The van der Waals surface area contributed by atoms with Crippen molar-refractivity contribution in [2.45, 2.75) is 0 Å². The Morgan fingerprint density at radius 1 is 0.245 bits per heavy atom. The van der Waals surface area contributed by atoms with E-state index in [0.717, 1.165) is 26.9 Å². The molecule has 0 aromatic heterocycles. The van der Waals surface area contributed by atoms with Crippen molar-refractivity contribution in [2.75, 3.05) is 0 Å². The second-order valence-electron chi connectivity index (χ2n) is 12.1. The molecule has 262 valence electrons. The van der Waals surface area contributed by atoms with E-state index in [2.05, 4.69) is 12.1 Å². The van der Waals surface area contributed by atoms with E-state index in [9.17, 15) is 5.11 Å². The molecule has 0 saturated heterocycles. The zero-order valence-corrected chi connectivity index (χ0v) is 31.5. The predicted octanol–water partition coefficient (Wildman–Crippen LogP) is 10.2. The summed E-state index contributed by atoms with van der Waals surface area (Å²) in [7, 11) is 0.949. The number of hydrogen-bond acceptors (Lipinski definition) is 4. The van der Waals surface area contributed by atoms with Gasteiger partial charge in [0.1, 0.15) is 23.0 Å². The van der Waals surface area contributed by atoms with Crippen LogP contribution in [0.5, 0.6) is 23.0 Å². The number of phenolic OH excluding ortho intramolecular Hbond substituents is 4. The van der Waals surface area contributed by atoms with Gasteiger partial charge in [-0.15, -0.1) is 0 Å². The van der Waals surface area contributed by atoms with E-state index in [1.54, 1.807) is 42.5 Å². The molecule has 4 nitrogen and oxygen atoms in total. The van der Waals surface area contributed by atoms with Crippen LogP contribution < -0.4 is 5.19 Å². The van der Waals surface area contributed by atoms with Crippen LogP contribution >= 0.6 is 0 Å². The van der Waals surface area contributed by atoms with Crippen molar-refractivity contribution in [3.05, 3.63) is 212 Å². The van der Waals surface area contributed by atoms with Crippen LogP contribution in [0.1, 0.15) is 0 Å². The normalized spacial score (nSPS) is 9.96. The molecule has 0 fully saturated rings. The van der Waals surface area contributed by atoms with Crippen LogP contribution in [-0.4, -0.2) is 30.7 Å². The lowest BCUT2D eigenvalue weighted by atomic mass is 10.1. The summed E-state index contributed by atoms with van der Waals surface area (Å²) in [6, 6.07) is 67.7. The first kappa shape index (κ1) is 37.4. The Hall–Kier alpha value is -6.82. The van der Waals surface area contributed by atoms with Crippen molar-refractivity contribution in [1.82, 2.24) is 0 Å². The van der Waals surface area contributed by atoms with E-state index in [-0.39, 0.29) is 0 Å². The number of hydrogen-bond donors (Lipinski definition) is 4. The first-order chi connectivity index (χ1) is 25.9. The summed E-state index contributed by atoms with van der Waals surface area (Å²) in [5, 5.41) is 37.8. The summed E-state index contributed by atoms with van der Waals surface area (Å²) >= 11 is 0. The number of phenols is 4. The number of rotatable bonds is 4. The van der Waals surface area contributed by atoms with Crippen LogP contribution in [-0.2, 0) is 0 Å². The van der Waals surface area contributed by atoms with E-state index >= 15 is 0 Å². The monoisotopic (exact) mass is 710 g/mol. The molecule has 0 atom stereocenters. The molecule has 4 N–H and O–H groups in total. The van der Waals surface area contributed by atoms with E-state index in [0.29, 0.717) is 23.0 Å². The summed E-state index contributed by atoms with van der Waals surface area (Å²) in [5.41, 5.74) is 9.33. The fraction of sp³-hybridized carbons (Fsp3) is 0. The lowest BCUT2D eigenvalue weighted by molar-refractivity contribution is 0.475. The van der Waals surface area contributed by atoms with E-state index in [4.69, 9.17) is 15.3 Å². The maximum Gasteiger partial charge on any atom is 0.115 e. The number of benzene rings is 8. The zero-order chi connectivity index (χ0) is 37.3. The minimum Gasteiger partial charge on any atom is -0.508 e. The molecule has 53 heavy (non-hydrogen) atoms. The first-order valence-corrected chi connectivity index (χ1v) is 18.2. The molecule has 0 amide bonds. The van der Waals surface area contributed by atoms with Crippen LogP contribution in [0, 0.1) is 0 Å². The second-order valence-corrected chi connectivity index (χ2v) is 13.2. The van der Waals surface area contributed by atoms with Gasteiger partial charge in [-0.3, -0.25) is 0 Å². The zero-order valence-electron chi connectivity index (χ0n) is 29.5. The third-order valence-electron chi connectivity index (χ3n) is 8.22. The van der Waals surface area contributed by atoms with Gasteiger partial charge in [0.25, 0.3) is 0 Å². The molecule has 0 unspecified atom stereocenters. The van der Waals surface area contributed by atoms with Crippen LogP contribution in [0.4, 0.5) is 0 Å². The Bertz CT molecular complexity index is 2030.